The summed E-state index contributed by atoms with van der Waals surface area (Å²) in [7, 11) is -1.58. The molecule has 1 amide bonds. The van der Waals surface area contributed by atoms with Crippen molar-refractivity contribution in [1.29, 1.82) is 0 Å². The number of pyridine rings is 1. The molecule has 3 N–H and O–H groups in total. The van der Waals surface area contributed by atoms with Gasteiger partial charge >= 0.3 is 0 Å². The molecule has 0 unspecified atom stereocenters. The van der Waals surface area contributed by atoms with Crippen molar-refractivity contribution in [3.63, 3.8) is 0 Å². The Morgan fingerprint density at radius 1 is 1.37 bits per heavy atom. The number of nitrogens with zero attached hydrogens (tertiary/aromatic N) is 1. The van der Waals surface area contributed by atoms with Crippen LogP contribution in [0, 0.1) is 0 Å². The van der Waals surface area contributed by atoms with Gasteiger partial charge < -0.3 is 10.6 Å². The second kappa shape index (κ2) is 6.69. The van der Waals surface area contributed by atoms with E-state index in [-0.39, 0.29) is 23.8 Å². The highest BCUT2D eigenvalue weighted by Gasteiger charge is 2.12. The van der Waals surface area contributed by atoms with E-state index in [0.717, 1.165) is 6.26 Å². The van der Waals surface area contributed by atoms with Gasteiger partial charge in [0.15, 0.2) is 0 Å². The lowest BCUT2D eigenvalue weighted by atomic mass is 10.3. The standard InChI is InChI=1S/C10H15ClN4O3S/c1-12-8-4-3-7(11)9(15-8)10(16)13-5-6-14-19(2,17)18/h3-4,14H,5-6H2,1-2H3,(H,12,15)(H,13,16). The van der Waals surface area contributed by atoms with Crippen LogP contribution in [0.3, 0.4) is 0 Å². The molecule has 9 heteroatoms. The van der Waals surface area contributed by atoms with Crippen LogP contribution in [0.2, 0.25) is 5.02 Å². The SMILES string of the molecule is CNc1ccc(Cl)c(C(=O)NCCNS(C)(=O)=O)n1. The number of aromatic nitrogens is 1. The molecule has 0 aromatic carbocycles. The van der Waals surface area contributed by atoms with E-state index in [2.05, 4.69) is 20.3 Å². The largest absolute Gasteiger partial charge is 0.373 e. The van der Waals surface area contributed by atoms with Crippen molar-refractivity contribution in [2.24, 2.45) is 0 Å². The number of carbonyl (C=O) groups excluding carboxylic acids is 1. The van der Waals surface area contributed by atoms with Crippen molar-refractivity contribution in [2.75, 3.05) is 31.7 Å². The average molecular weight is 307 g/mol. The molecular weight excluding hydrogens is 292 g/mol. The molecule has 0 bridgehead atoms. The minimum absolute atomic E-state index is 0.0906. The van der Waals surface area contributed by atoms with Crippen molar-refractivity contribution >= 4 is 33.3 Å². The summed E-state index contributed by atoms with van der Waals surface area (Å²) in [6, 6.07) is 3.20. The van der Waals surface area contributed by atoms with E-state index in [4.69, 9.17) is 11.6 Å². The monoisotopic (exact) mass is 306 g/mol. The van der Waals surface area contributed by atoms with Crippen molar-refractivity contribution in [2.45, 2.75) is 0 Å². The fraction of sp³-hybridized carbons (Fsp3) is 0.400. The quantitative estimate of drug-likeness (QED) is 0.645. The van der Waals surface area contributed by atoms with Gasteiger partial charge in [0.2, 0.25) is 10.0 Å². The van der Waals surface area contributed by atoms with E-state index in [1.54, 1.807) is 19.2 Å². The summed E-state index contributed by atoms with van der Waals surface area (Å²) in [6.45, 7) is 0.252. The second-order valence-corrected chi connectivity index (χ2v) is 5.94. The number of sulfonamides is 1. The summed E-state index contributed by atoms with van der Waals surface area (Å²) >= 11 is 5.87. The first kappa shape index (κ1) is 15.7. The number of hydrogen-bond donors (Lipinski definition) is 3. The molecule has 19 heavy (non-hydrogen) atoms. The Kier molecular flexibility index (Phi) is 5.52. The Morgan fingerprint density at radius 2 is 2.05 bits per heavy atom. The Balaban J connectivity index is 2.58. The number of amides is 1. The first-order valence-corrected chi connectivity index (χ1v) is 7.67. The second-order valence-electron chi connectivity index (χ2n) is 3.70. The van der Waals surface area contributed by atoms with E-state index >= 15 is 0 Å². The number of nitrogens with one attached hydrogen (secondary N) is 3. The van der Waals surface area contributed by atoms with Gasteiger partial charge in [-0.3, -0.25) is 4.79 Å². The minimum Gasteiger partial charge on any atom is -0.373 e. The molecule has 0 saturated carbocycles. The van der Waals surface area contributed by atoms with Gasteiger partial charge in [0.05, 0.1) is 11.3 Å². The van der Waals surface area contributed by atoms with Crippen molar-refractivity contribution in [3.8, 4) is 0 Å². The summed E-state index contributed by atoms with van der Waals surface area (Å²) in [5.41, 5.74) is 0.0906. The van der Waals surface area contributed by atoms with Gasteiger partial charge in [0.1, 0.15) is 11.5 Å². The van der Waals surface area contributed by atoms with Crippen LogP contribution in [0.4, 0.5) is 5.82 Å². The predicted octanol–water partition coefficient (Wildman–Crippen LogP) is 0.0557. The van der Waals surface area contributed by atoms with Gasteiger partial charge in [-0.2, -0.15) is 0 Å². The summed E-state index contributed by atoms with van der Waals surface area (Å²) < 4.78 is 23.9. The molecule has 0 aliphatic heterocycles. The van der Waals surface area contributed by atoms with E-state index in [0.29, 0.717) is 5.82 Å². The maximum Gasteiger partial charge on any atom is 0.271 e. The van der Waals surface area contributed by atoms with Crippen LogP contribution < -0.4 is 15.4 Å². The number of anilines is 1. The fourth-order valence-corrected chi connectivity index (χ4v) is 1.90. The van der Waals surface area contributed by atoms with Gasteiger partial charge in [0.25, 0.3) is 5.91 Å². The Labute approximate surface area is 116 Å². The van der Waals surface area contributed by atoms with Crippen LogP contribution >= 0.6 is 11.6 Å². The van der Waals surface area contributed by atoms with Gasteiger partial charge in [-0.1, -0.05) is 11.6 Å². The molecule has 0 fully saturated rings. The molecule has 1 rings (SSSR count). The van der Waals surface area contributed by atoms with E-state index in [9.17, 15) is 13.2 Å². The molecule has 0 atom stereocenters. The maximum absolute atomic E-state index is 11.8. The molecule has 1 aromatic heterocycles. The van der Waals surface area contributed by atoms with Gasteiger partial charge in [-0.15, -0.1) is 0 Å². The number of carbonyl (C=O) groups is 1. The number of rotatable bonds is 6. The van der Waals surface area contributed by atoms with Crippen LogP contribution in [-0.2, 0) is 10.0 Å². The number of hydrogen-bond acceptors (Lipinski definition) is 5. The first-order chi connectivity index (χ1) is 8.83. The number of halogens is 1. The van der Waals surface area contributed by atoms with Crippen LogP contribution in [-0.4, -0.2) is 45.7 Å². The predicted molar refractivity (Wildman–Crippen MR) is 74.0 cm³/mol. The third-order valence-corrected chi connectivity index (χ3v) is 3.13. The summed E-state index contributed by atoms with van der Waals surface area (Å²) in [5, 5.41) is 5.55. The third kappa shape index (κ3) is 5.41. The zero-order chi connectivity index (χ0) is 14.5. The smallest absolute Gasteiger partial charge is 0.271 e. The van der Waals surface area contributed by atoms with E-state index in [1.165, 1.54) is 0 Å². The zero-order valence-corrected chi connectivity index (χ0v) is 12.1. The Bertz CT molecular complexity index is 562. The lowest BCUT2D eigenvalue weighted by Gasteiger charge is -2.08. The molecule has 1 aromatic rings. The van der Waals surface area contributed by atoms with Crippen molar-refractivity contribution in [3.05, 3.63) is 22.8 Å². The van der Waals surface area contributed by atoms with E-state index in [1.807, 2.05) is 0 Å². The maximum atomic E-state index is 11.8. The highest BCUT2D eigenvalue weighted by atomic mass is 35.5. The molecule has 0 aliphatic carbocycles. The van der Waals surface area contributed by atoms with E-state index < -0.39 is 15.9 Å². The molecule has 0 radical (unpaired) electrons. The van der Waals surface area contributed by atoms with Crippen LogP contribution in [0.1, 0.15) is 10.5 Å². The fourth-order valence-electron chi connectivity index (χ4n) is 1.24. The summed E-state index contributed by atoms with van der Waals surface area (Å²) in [6.07, 6.45) is 1.05. The zero-order valence-electron chi connectivity index (χ0n) is 10.5. The van der Waals surface area contributed by atoms with Crippen LogP contribution in [0.5, 0.6) is 0 Å². The highest BCUT2D eigenvalue weighted by Crippen LogP contribution is 2.16. The van der Waals surface area contributed by atoms with Crippen LogP contribution in [0.15, 0.2) is 12.1 Å². The molecular formula is C10H15ClN4O3S. The normalized spacial score (nSPS) is 11.1. The molecule has 7 nitrogen and oxygen atoms in total. The highest BCUT2D eigenvalue weighted by molar-refractivity contribution is 7.88. The lowest BCUT2D eigenvalue weighted by Crippen LogP contribution is -2.34. The molecule has 1 heterocycles. The van der Waals surface area contributed by atoms with Gasteiger partial charge in [-0.05, 0) is 12.1 Å². The Morgan fingerprint density at radius 3 is 2.63 bits per heavy atom. The first-order valence-electron chi connectivity index (χ1n) is 5.40. The lowest BCUT2D eigenvalue weighted by molar-refractivity contribution is 0.0949. The topological polar surface area (TPSA) is 100 Å². The van der Waals surface area contributed by atoms with Gasteiger partial charge in [0, 0.05) is 20.1 Å². The molecule has 0 saturated heterocycles. The van der Waals surface area contributed by atoms with Gasteiger partial charge in [-0.25, -0.2) is 18.1 Å². The molecule has 0 aliphatic rings. The minimum atomic E-state index is -3.26. The summed E-state index contributed by atoms with van der Waals surface area (Å²) in [4.78, 5) is 15.8. The Hall–Kier alpha value is -1.38. The summed E-state index contributed by atoms with van der Waals surface area (Å²) in [5.74, 6) is 0.0567. The third-order valence-electron chi connectivity index (χ3n) is 2.09. The average Bonchev–Trinajstić information content (AvgIpc) is 2.34. The van der Waals surface area contributed by atoms with Crippen molar-refractivity contribution in [1.82, 2.24) is 15.0 Å². The van der Waals surface area contributed by atoms with Crippen molar-refractivity contribution < 1.29 is 13.2 Å². The molecule has 0 spiro atoms. The van der Waals surface area contributed by atoms with Crippen LogP contribution in [0.25, 0.3) is 0 Å². The molecule has 106 valence electrons.